The average Bonchev–Trinajstić information content (AvgIpc) is 2.55. The van der Waals surface area contributed by atoms with Gasteiger partial charge in [-0.3, -0.25) is 4.90 Å². The van der Waals surface area contributed by atoms with Crippen LogP contribution in [0, 0.1) is 0 Å². The topological polar surface area (TPSA) is 41.9 Å². The van der Waals surface area contributed by atoms with E-state index in [4.69, 9.17) is 9.47 Å². The Morgan fingerprint density at radius 2 is 1.73 bits per heavy atom. The van der Waals surface area contributed by atoms with E-state index in [0.717, 1.165) is 22.6 Å². The molecule has 0 saturated carbocycles. The van der Waals surface area contributed by atoms with Gasteiger partial charge in [-0.15, -0.1) is 0 Å². The second-order valence-corrected chi connectivity index (χ2v) is 5.28. The first kappa shape index (κ1) is 16.3. The maximum Gasteiger partial charge on any atom is 0.165 e. The van der Waals surface area contributed by atoms with Gasteiger partial charge in [-0.25, -0.2) is 0 Å². The molecule has 0 aromatic heterocycles. The molecule has 1 unspecified atom stereocenters. The van der Waals surface area contributed by atoms with Gasteiger partial charge in [0.2, 0.25) is 0 Å². The van der Waals surface area contributed by atoms with Gasteiger partial charge in [0.05, 0.1) is 20.3 Å². The Balaban J connectivity index is 2.05. The van der Waals surface area contributed by atoms with Gasteiger partial charge in [-0.2, -0.15) is 0 Å². The number of aliphatic hydroxyl groups is 1. The number of benzene rings is 2. The maximum absolute atomic E-state index is 10.3. The summed E-state index contributed by atoms with van der Waals surface area (Å²) in [6, 6.07) is 15.5. The molecule has 0 aliphatic heterocycles. The number of methoxy groups -OCH3 is 2. The van der Waals surface area contributed by atoms with Crippen LogP contribution in [0.2, 0.25) is 0 Å². The van der Waals surface area contributed by atoms with Crippen LogP contribution in [-0.2, 0) is 6.54 Å². The summed E-state index contributed by atoms with van der Waals surface area (Å²) in [5, 5.41) is 10.3. The highest BCUT2D eigenvalue weighted by molar-refractivity contribution is 5.46. The number of hydrogen-bond acceptors (Lipinski definition) is 4. The molecule has 0 aliphatic rings. The van der Waals surface area contributed by atoms with Crippen molar-refractivity contribution in [3.63, 3.8) is 0 Å². The molecule has 0 heterocycles. The van der Waals surface area contributed by atoms with Crippen molar-refractivity contribution in [2.45, 2.75) is 12.6 Å². The Labute approximate surface area is 131 Å². The first-order valence-corrected chi connectivity index (χ1v) is 7.27. The van der Waals surface area contributed by atoms with E-state index in [9.17, 15) is 5.11 Å². The van der Waals surface area contributed by atoms with Crippen LogP contribution >= 0.6 is 0 Å². The van der Waals surface area contributed by atoms with Crippen molar-refractivity contribution in [3.8, 4) is 11.5 Å². The van der Waals surface area contributed by atoms with Gasteiger partial charge in [0.25, 0.3) is 0 Å². The third kappa shape index (κ3) is 4.00. The standard InChI is InChI=1S/C18H23NO3/c1-19(13-16(20)14-8-5-4-6-9-14)12-15-10-7-11-17(21-2)18(15)22-3/h4-11,16,20H,12-13H2,1-3H3. The zero-order valence-corrected chi connectivity index (χ0v) is 13.3. The van der Waals surface area contributed by atoms with Crippen LogP contribution in [0.1, 0.15) is 17.2 Å². The lowest BCUT2D eigenvalue weighted by Crippen LogP contribution is -2.24. The van der Waals surface area contributed by atoms with Crippen molar-refractivity contribution in [2.75, 3.05) is 27.8 Å². The molecule has 0 bridgehead atoms. The minimum absolute atomic E-state index is 0.511. The first-order chi connectivity index (χ1) is 10.7. The molecule has 0 spiro atoms. The Hall–Kier alpha value is -2.04. The number of likely N-dealkylation sites (N-methyl/N-ethyl adjacent to an activating group) is 1. The van der Waals surface area contributed by atoms with Crippen LogP contribution in [-0.4, -0.2) is 37.8 Å². The second-order valence-electron chi connectivity index (χ2n) is 5.28. The largest absolute Gasteiger partial charge is 0.493 e. The summed E-state index contributed by atoms with van der Waals surface area (Å²) in [4.78, 5) is 2.06. The fourth-order valence-corrected chi connectivity index (χ4v) is 2.51. The van der Waals surface area contributed by atoms with Crippen molar-refractivity contribution in [3.05, 3.63) is 59.7 Å². The molecule has 4 heteroatoms. The average molecular weight is 301 g/mol. The molecule has 1 atom stereocenters. The number of hydrogen-bond donors (Lipinski definition) is 1. The smallest absolute Gasteiger partial charge is 0.165 e. The quantitative estimate of drug-likeness (QED) is 0.854. The van der Waals surface area contributed by atoms with Crippen LogP contribution in [0.15, 0.2) is 48.5 Å². The van der Waals surface area contributed by atoms with E-state index in [-0.39, 0.29) is 0 Å². The van der Waals surface area contributed by atoms with Gasteiger partial charge >= 0.3 is 0 Å². The fraction of sp³-hybridized carbons (Fsp3) is 0.333. The molecular formula is C18H23NO3. The van der Waals surface area contributed by atoms with Crippen LogP contribution in [0.5, 0.6) is 11.5 Å². The van der Waals surface area contributed by atoms with E-state index >= 15 is 0 Å². The van der Waals surface area contributed by atoms with Crippen LogP contribution in [0.3, 0.4) is 0 Å². The van der Waals surface area contributed by atoms with Gasteiger partial charge in [-0.05, 0) is 18.7 Å². The normalized spacial score (nSPS) is 12.2. The third-order valence-corrected chi connectivity index (χ3v) is 3.59. The lowest BCUT2D eigenvalue weighted by molar-refractivity contribution is 0.123. The highest BCUT2D eigenvalue weighted by Crippen LogP contribution is 2.31. The molecule has 1 N–H and O–H groups in total. The molecule has 0 amide bonds. The Morgan fingerprint density at radius 1 is 1.00 bits per heavy atom. The molecule has 118 valence electrons. The summed E-state index contributed by atoms with van der Waals surface area (Å²) < 4.78 is 10.8. The summed E-state index contributed by atoms with van der Waals surface area (Å²) >= 11 is 0. The van der Waals surface area contributed by atoms with Crippen molar-refractivity contribution < 1.29 is 14.6 Å². The van der Waals surface area contributed by atoms with Crippen LogP contribution in [0.4, 0.5) is 0 Å². The van der Waals surface area contributed by atoms with E-state index < -0.39 is 6.10 Å². The molecule has 0 saturated heterocycles. The Bertz CT molecular complexity index is 586. The van der Waals surface area contributed by atoms with Gasteiger partial charge in [0.1, 0.15) is 0 Å². The summed E-state index contributed by atoms with van der Waals surface area (Å²) in [7, 11) is 5.25. The van der Waals surface area contributed by atoms with Crippen LogP contribution in [0.25, 0.3) is 0 Å². The highest BCUT2D eigenvalue weighted by atomic mass is 16.5. The van der Waals surface area contributed by atoms with Crippen LogP contribution < -0.4 is 9.47 Å². The highest BCUT2D eigenvalue weighted by Gasteiger charge is 2.14. The molecule has 2 aromatic carbocycles. The molecule has 2 rings (SSSR count). The summed E-state index contributed by atoms with van der Waals surface area (Å²) in [6.45, 7) is 1.22. The number of aliphatic hydroxyl groups excluding tert-OH is 1. The van der Waals surface area contributed by atoms with Crippen molar-refractivity contribution in [1.29, 1.82) is 0 Å². The SMILES string of the molecule is COc1cccc(CN(C)CC(O)c2ccccc2)c1OC. The molecule has 22 heavy (non-hydrogen) atoms. The molecule has 0 radical (unpaired) electrons. The summed E-state index contributed by atoms with van der Waals surface area (Å²) in [5.74, 6) is 1.46. The molecule has 0 aliphatic carbocycles. The minimum Gasteiger partial charge on any atom is -0.493 e. The molecular weight excluding hydrogens is 278 g/mol. The summed E-state index contributed by atoms with van der Waals surface area (Å²) in [6.07, 6.45) is -0.511. The zero-order chi connectivity index (χ0) is 15.9. The number of nitrogens with zero attached hydrogens (tertiary/aromatic N) is 1. The lowest BCUT2D eigenvalue weighted by atomic mass is 10.1. The van der Waals surface area contributed by atoms with Gasteiger partial charge in [0.15, 0.2) is 11.5 Å². The Kier molecular flexibility index (Phi) is 5.81. The number of rotatable bonds is 7. The Morgan fingerprint density at radius 3 is 2.36 bits per heavy atom. The van der Waals surface area contributed by atoms with E-state index in [1.807, 2.05) is 55.6 Å². The fourth-order valence-electron chi connectivity index (χ4n) is 2.51. The second kappa shape index (κ2) is 7.82. The number of ether oxygens (including phenoxy) is 2. The van der Waals surface area contributed by atoms with E-state index in [0.29, 0.717) is 13.1 Å². The maximum atomic E-state index is 10.3. The lowest BCUT2D eigenvalue weighted by Gasteiger charge is -2.22. The molecule has 2 aromatic rings. The van der Waals surface area contributed by atoms with Gasteiger partial charge in [0, 0.05) is 18.7 Å². The zero-order valence-electron chi connectivity index (χ0n) is 13.3. The van der Waals surface area contributed by atoms with Crippen molar-refractivity contribution in [1.82, 2.24) is 4.90 Å². The van der Waals surface area contributed by atoms with E-state index in [1.165, 1.54) is 0 Å². The van der Waals surface area contributed by atoms with Gasteiger partial charge in [-0.1, -0.05) is 42.5 Å². The van der Waals surface area contributed by atoms with E-state index in [1.54, 1.807) is 14.2 Å². The monoisotopic (exact) mass is 301 g/mol. The van der Waals surface area contributed by atoms with E-state index in [2.05, 4.69) is 4.90 Å². The third-order valence-electron chi connectivity index (χ3n) is 3.59. The molecule has 4 nitrogen and oxygen atoms in total. The first-order valence-electron chi connectivity index (χ1n) is 7.27. The van der Waals surface area contributed by atoms with Crippen molar-refractivity contribution in [2.24, 2.45) is 0 Å². The predicted molar refractivity (Wildman–Crippen MR) is 87.3 cm³/mol. The molecule has 0 fully saturated rings. The van der Waals surface area contributed by atoms with Crippen molar-refractivity contribution >= 4 is 0 Å². The van der Waals surface area contributed by atoms with Gasteiger partial charge < -0.3 is 14.6 Å². The summed E-state index contributed by atoms with van der Waals surface area (Å²) in [5.41, 5.74) is 1.96. The minimum atomic E-state index is -0.511. The number of para-hydroxylation sites is 1. The predicted octanol–water partition coefficient (Wildman–Crippen LogP) is 2.87.